The van der Waals surface area contributed by atoms with Crippen LogP contribution >= 0.6 is 0 Å². The summed E-state index contributed by atoms with van der Waals surface area (Å²) in [4.78, 5) is 39.8. The van der Waals surface area contributed by atoms with Crippen molar-refractivity contribution in [3.05, 3.63) is 96.6 Å². The third kappa shape index (κ3) is 4.76. The Balaban J connectivity index is 1.73. The number of esters is 1. The van der Waals surface area contributed by atoms with Crippen LogP contribution in [0.25, 0.3) is 0 Å². The topological polar surface area (TPSA) is 84.9 Å². The standard InChI is InChI=1S/C29H32N2O5Si/c1-29(2,3)37(22-16-10-6-11-17-22,23-18-12-7-13-19-23)31-25(27(33)35-4)24(26(31)32)30-28(34)36-20-21-14-8-5-9-15-21/h5-19,24-25H,20H2,1-4H3,(H,30,34)/t24-,25-/m1/s1. The van der Waals surface area contributed by atoms with Crippen LogP contribution in [0.2, 0.25) is 5.04 Å². The molecule has 8 heteroatoms. The number of carbonyl (C=O) groups excluding carboxylic acids is 3. The van der Waals surface area contributed by atoms with Gasteiger partial charge in [0.15, 0.2) is 6.04 Å². The van der Waals surface area contributed by atoms with Crippen LogP contribution in [0.15, 0.2) is 91.0 Å². The van der Waals surface area contributed by atoms with Gasteiger partial charge < -0.3 is 19.4 Å². The Kier molecular flexibility index (Phi) is 7.49. The van der Waals surface area contributed by atoms with E-state index >= 15 is 0 Å². The van der Waals surface area contributed by atoms with E-state index < -0.39 is 37.4 Å². The second-order valence-corrected chi connectivity index (χ2v) is 14.6. The first-order chi connectivity index (χ1) is 17.7. The van der Waals surface area contributed by atoms with E-state index in [-0.39, 0.29) is 12.5 Å². The van der Waals surface area contributed by atoms with Crippen LogP contribution in [0.3, 0.4) is 0 Å². The minimum Gasteiger partial charge on any atom is -0.467 e. The third-order valence-electron chi connectivity index (χ3n) is 6.86. The highest BCUT2D eigenvalue weighted by Crippen LogP contribution is 2.43. The quantitative estimate of drug-likeness (QED) is 0.296. The number of rotatable bonds is 7. The molecule has 1 heterocycles. The average molecular weight is 517 g/mol. The maximum atomic E-state index is 13.9. The van der Waals surface area contributed by atoms with Crippen LogP contribution in [0.1, 0.15) is 26.3 Å². The van der Waals surface area contributed by atoms with Crippen LogP contribution in [0.4, 0.5) is 4.79 Å². The fraction of sp³-hybridized carbons (Fsp3) is 0.276. The summed E-state index contributed by atoms with van der Waals surface area (Å²) in [5.41, 5.74) is 0.816. The van der Waals surface area contributed by atoms with Gasteiger partial charge in [0.1, 0.15) is 12.6 Å². The first-order valence-electron chi connectivity index (χ1n) is 12.2. The van der Waals surface area contributed by atoms with Crippen molar-refractivity contribution in [3.63, 3.8) is 0 Å². The van der Waals surface area contributed by atoms with Gasteiger partial charge in [-0.1, -0.05) is 112 Å². The molecule has 7 nitrogen and oxygen atoms in total. The number of amides is 2. The van der Waals surface area contributed by atoms with Crippen molar-refractivity contribution in [2.75, 3.05) is 7.11 Å². The molecule has 1 aliphatic rings. The number of benzene rings is 3. The van der Waals surface area contributed by atoms with Crippen LogP contribution in [-0.2, 0) is 25.7 Å². The molecule has 0 saturated carbocycles. The molecule has 1 saturated heterocycles. The van der Waals surface area contributed by atoms with Crippen LogP contribution in [0.5, 0.6) is 0 Å². The lowest BCUT2D eigenvalue weighted by atomic mass is 9.99. The highest BCUT2D eigenvalue weighted by Gasteiger charge is 2.66. The Morgan fingerprint density at radius 1 is 0.865 bits per heavy atom. The van der Waals surface area contributed by atoms with Gasteiger partial charge in [0.25, 0.3) is 0 Å². The minimum atomic E-state index is -3.14. The van der Waals surface area contributed by atoms with Crippen molar-refractivity contribution in [3.8, 4) is 0 Å². The van der Waals surface area contributed by atoms with Gasteiger partial charge in [-0.15, -0.1) is 0 Å². The Bertz CT molecular complexity index is 1210. The van der Waals surface area contributed by atoms with E-state index in [1.165, 1.54) is 7.11 Å². The normalized spacial score (nSPS) is 17.5. The molecule has 0 radical (unpaired) electrons. The number of nitrogens with zero attached hydrogens (tertiary/aromatic N) is 1. The van der Waals surface area contributed by atoms with E-state index in [2.05, 4.69) is 26.1 Å². The zero-order valence-corrected chi connectivity index (χ0v) is 22.5. The number of carbonyl (C=O) groups is 3. The van der Waals surface area contributed by atoms with E-state index in [9.17, 15) is 14.4 Å². The molecule has 0 aromatic heterocycles. The molecule has 2 atom stereocenters. The molecule has 3 aromatic carbocycles. The minimum absolute atomic E-state index is 0.0505. The summed E-state index contributed by atoms with van der Waals surface area (Å²) in [6.45, 7) is 6.33. The Labute approximate surface area is 218 Å². The molecule has 192 valence electrons. The molecule has 0 unspecified atom stereocenters. The molecule has 0 spiro atoms. The Hall–Kier alpha value is -3.91. The molecule has 2 amide bonds. The van der Waals surface area contributed by atoms with Gasteiger partial charge in [0.2, 0.25) is 14.1 Å². The number of hydrogen-bond acceptors (Lipinski definition) is 5. The average Bonchev–Trinajstić information content (AvgIpc) is 2.91. The molecule has 4 rings (SSSR count). The van der Waals surface area contributed by atoms with Crippen LogP contribution < -0.4 is 15.7 Å². The Morgan fingerprint density at radius 2 is 1.35 bits per heavy atom. The van der Waals surface area contributed by atoms with Gasteiger partial charge in [-0.3, -0.25) is 4.79 Å². The lowest BCUT2D eigenvalue weighted by molar-refractivity contribution is -0.161. The maximum absolute atomic E-state index is 13.9. The summed E-state index contributed by atoms with van der Waals surface area (Å²) in [7, 11) is -1.85. The number of alkyl carbamates (subject to hydrolysis) is 1. The monoisotopic (exact) mass is 516 g/mol. The predicted molar refractivity (Wildman–Crippen MR) is 144 cm³/mol. The fourth-order valence-electron chi connectivity index (χ4n) is 5.29. The largest absolute Gasteiger partial charge is 0.467 e. The summed E-state index contributed by atoms with van der Waals surface area (Å²) < 4.78 is 12.2. The first-order valence-corrected chi connectivity index (χ1v) is 14.2. The molecule has 37 heavy (non-hydrogen) atoms. The lowest BCUT2D eigenvalue weighted by Gasteiger charge is -2.59. The molecule has 3 aromatic rings. The van der Waals surface area contributed by atoms with Crippen molar-refractivity contribution >= 4 is 36.6 Å². The van der Waals surface area contributed by atoms with Crippen molar-refractivity contribution in [1.29, 1.82) is 0 Å². The smallest absolute Gasteiger partial charge is 0.408 e. The molecule has 0 bridgehead atoms. The van der Waals surface area contributed by atoms with Crippen molar-refractivity contribution in [2.45, 2.75) is 44.5 Å². The van der Waals surface area contributed by atoms with Gasteiger partial charge in [0, 0.05) is 0 Å². The third-order valence-corrected chi connectivity index (χ3v) is 12.6. The van der Waals surface area contributed by atoms with Gasteiger partial charge in [-0.2, -0.15) is 0 Å². The van der Waals surface area contributed by atoms with E-state index in [1.807, 2.05) is 91.0 Å². The first kappa shape index (κ1) is 26.2. The lowest BCUT2D eigenvalue weighted by Crippen LogP contribution is -2.88. The molecule has 1 fully saturated rings. The van der Waals surface area contributed by atoms with E-state index in [0.29, 0.717) is 0 Å². The zero-order chi connectivity index (χ0) is 26.6. The van der Waals surface area contributed by atoms with E-state index in [0.717, 1.165) is 15.9 Å². The molecule has 0 aliphatic carbocycles. The number of ether oxygens (including phenoxy) is 2. The van der Waals surface area contributed by atoms with Gasteiger partial charge >= 0.3 is 12.1 Å². The van der Waals surface area contributed by atoms with Crippen molar-refractivity contribution in [2.24, 2.45) is 0 Å². The highest BCUT2D eigenvalue weighted by atomic mass is 28.3. The van der Waals surface area contributed by atoms with Crippen LogP contribution in [0, 0.1) is 0 Å². The summed E-state index contributed by atoms with van der Waals surface area (Å²) in [5.74, 6) is -0.915. The van der Waals surface area contributed by atoms with Crippen molar-refractivity contribution < 1.29 is 23.9 Å². The molecule has 1 aliphatic heterocycles. The summed E-state index contributed by atoms with van der Waals surface area (Å²) >= 11 is 0. The second kappa shape index (κ2) is 10.6. The Morgan fingerprint density at radius 3 is 1.81 bits per heavy atom. The number of β-lactam (4-membered cyclic amide) rings is 1. The predicted octanol–water partition coefficient (Wildman–Crippen LogP) is 3.23. The van der Waals surface area contributed by atoms with Gasteiger partial charge in [-0.25, -0.2) is 9.59 Å². The number of nitrogens with one attached hydrogen (secondary N) is 1. The second-order valence-electron chi connectivity index (χ2n) is 10.1. The molecular weight excluding hydrogens is 484 g/mol. The van der Waals surface area contributed by atoms with E-state index in [4.69, 9.17) is 9.47 Å². The summed E-state index contributed by atoms with van der Waals surface area (Å²) in [6.07, 6.45) is -0.766. The number of hydrogen-bond donors (Lipinski definition) is 1. The number of methoxy groups -OCH3 is 1. The van der Waals surface area contributed by atoms with Gasteiger partial charge in [-0.05, 0) is 21.0 Å². The fourth-order valence-corrected chi connectivity index (χ4v) is 11.1. The maximum Gasteiger partial charge on any atom is 0.408 e. The summed E-state index contributed by atoms with van der Waals surface area (Å²) in [6, 6.07) is 26.9. The SMILES string of the molecule is COC(=O)[C@H]1[C@@H](NC(=O)OCc2ccccc2)C(=O)N1[Si](c1ccccc1)(c1ccccc1)C(C)(C)C. The molecular formula is C29H32N2O5Si. The van der Waals surface area contributed by atoms with Crippen molar-refractivity contribution in [1.82, 2.24) is 9.88 Å². The van der Waals surface area contributed by atoms with Crippen LogP contribution in [-0.4, -0.2) is 50.0 Å². The summed E-state index contributed by atoms with van der Waals surface area (Å²) in [5, 5.41) is 4.18. The highest BCUT2D eigenvalue weighted by molar-refractivity contribution is 7.03. The van der Waals surface area contributed by atoms with Gasteiger partial charge in [0.05, 0.1) is 7.11 Å². The van der Waals surface area contributed by atoms with E-state index in [1.54, 1.807) is 4.57 Å². The zero-order valence-electron chi connectivity index (χ0n) is 21.5. The molecule has 1 N–H and O–H groups in total.